The van der Waals surface area contributed by atoms with Crippen molar-refractivity contribution < 1.29 is 9.13 Å². The molecule has 0 heterocycles. The van der Waals surface area contributed by atoms with Crippen LogP contribution in [0.3, 0.4) is 0 Å². The minimum atomic E-state index is -0.293. The van der Waals surface area contributed by atoms with Gasteiger partial charge in [0.2, 0.25) is 0 Å². The summed E-state index contributed by atoms with van der Waals surface area (Å²) in [7, 11) is 1.76. The van der Waals surface area contributed by atoms with E-state index >= 15 is 0 Å². The number of halogens is 2. The van der Waals surface area contributed by atoms with Crippen LogP contribution in [0.2, 0.25) is 0 Å². The molecule has 0 aliphatic carbocycles. The topological polar surface area (TPSA) is 48.9 Å². The molecule has 0 aliphatic rings. The standard InChI is InChI=1S/C20H35FN4O.HI/c1-6-25(7-2)13-9-10-16(3)24-20(22-5)23-15-17(4)26-19-12-8-11-18(21)14-19;/h8,11-12,14,16-17H,6-7,9-10,13,15H2,1-5H3,(H2,22,23,24);1H. The Balaban J connectivity index is 0.00000676. The highest BCUT2D eigenvalue weighted by Crippen LogP contribution is 2.13. The number of aliphatic imine (C=N–C) groups is 1. The van der Waals surface area contributed by atoms with Crippen LogP contribution in [-0.4, -0.2) is 56.2 Å². The van der Waals surface area contributed by atoms with Gasteiger partial charge in [-0.1, -0.05) is 19.9 Å². The smallest absolute Gasteiger partial charge is 0.191 e. The second-order valence-corrected chi connectivity index (χ2v) is 6.55. The summed E-state index contributed by atoms with van der Waals surface area (Å²) >= 11 is 0. The van der Waals surface area contributed by atoms with Crippen LogP contribution < -0.4 is 15.4 Å². The number of hydrogen-bond acceptors (Lipinski definition) is 3. The zero-order valence-corrected chi connectivity index (χ0v) is 19.6. The van der Waals surface area contributed by atoms with E-state index in [1.165, 1.54) is 12.1 Å². The molecule has 0 amide bonds. The molecule has 2 atom stereocenters. The van der Waals surface area contributed by atoms with E-state index in [0.29, 0.717) is 18.3 Å². The summed E-state index contributed by atoms with van der Waals surface area (Å²) < 4.78 is 18.9. The Labute approximate surface area is 181 Å². The molecular weight excluding hydrogens is 458 g/mol. The summed E-state index contributed by atoms with van der Waals surface area (Å²) in [4.78, 5) is 6.70. The van der Waals surface area contributed by atoms with Crippen molar-refractivity contribution in [3.05, 3.63) is 30.1 Å². The van der Waals surface area contributed by atoms with Crippen molar-refractivity contribution in [1.29, 1.82) is 0 Å². The fraction of sp³-hybridized carbons (Fsp3) is 0.650. The van der Waals surface area contributed by atoms with E-state index in [9.17, 15) is 4.39 Å². The summed E-state index contributed by atoms with van der Waals surface area (Å²) in [6.07, 6.45) is 2.15. The zero-order valence-electron chi connectivity index (χ0n) is 17.3. The van der Waals surface area contributed by atoms with E-state index in [1.54, 1.807) is 19.2 Å². The fourth-order valence-electron chi connectivity index (χ4n) is 2.72. The maximum absolute atomic E-state index is 13.2. The minimum absolute atomic E-state index is 0. The van der Waals surface area contributed by atoms with Gasteiger partial charge in [-0.15, -0.1) is 24.0 Å². The lowest BCUT2D eigenvalue weighted by Crippen LogP contribution is -2.45. The van der Waals surface area contributed by atoms with Gasteiger partial charge in [0.15, 0.2) is 5.96 Å². The third-order valence-electron chi connectivity index (χ3n) is 4.30. The SMILES string of the molecule is CCN(CC)CCCC(C)NC(=NC)NCC(C)Oc1cccc(F)c1.I. The van der Waals surface area contributed by atoms with Crippen molar-refractivity contribution in [2.45, 2.75) is 52.7 Å². The van der Waals surface area contributed by atoms with E-state index in [1.807, 2.05) is 6.92 Å². The highest BCUT2D eigenvalue weighted by molar-refractivity contribution is 14.0. The van der Waals surface area contributed by atoms with Crippen LogP contribution in [0, 0.1) is 5.82 Å². The highest BCUT2D eigenvalue weighted by Gasteiger charge is 2.09. The Morgan fingerprint density at radius 3 is 2.56 bits per heavy atom. The first-order valence-electron chi connectivity index (χ1n) is 9.60. The maximum atomic E-state index is 13.2. The van der Waals surface area contributed by atoms with Crippen LogP contribution in [-0.2, 0) is 0 Å². The summed E-state index contributed by atoms with van der Waals surface area (Å²) in [6.45, 7) is 12.4. The minimum Gasteiger partial charge on any atom is -0.489 e. The summed E-state index contributed by atoms with van der Waals surface area (Å²) in [6, 6.07) is 6.54. The molecular formula is C20H36FIN4O. The molecule has 27 heavy (non-hydrogen) atoms. The van der Waals surface area contributed by atoms with Gasteiger partial charge < -0.3 is 20.3 Å². The molecule has 0 fully saturated rings. The molecule has 5 nitrogen and oxygen atoms in total. The van der Waals surface area contributed by atoms with E-state index in [0.717, 1.165) is 38.4 Å². The normalized spacial score (nSPS) is 13.7. The van der Waals surface area contributed by atoms with Crippen LogP contribution in [0.25, 0.3) is 0 Å². The van der Waals surface area contributed by atoms with Crippen molar-refractivity contribution in [3.8, 4) is 5.75 Å². The molecule has 0 saturated heterocycles. The average Bonchev–Trinajstić information content (AvgIpc) is 2.62. The van der Waals surface area contributed by atoms with Gasteiger partial charge >= 0.3 is 0 Å². The molecule has 0 aromatic heterocycles. The summed E-state index contributed by atoms with van der Waals surface area (Å²) in [5, 5.41) is 6.68. The van der Waals surface area contributed by atoms with Gasteiger partial charge in [-0.05, 0) is 58.5 Å². The zero-order chi connectivity index (χ0) is 19.4. The van der Waals surface area contributed by atoms with Gasteiger partial charge in [0.25, 0.3) is 0 Å². The number of ether oxygens (including phenoxy) is 1. The Hall–Kier alpha value is -1.09. The second-order valence-electron chi connectivity index (χ2n) is 6.55. The van der Waals surface area contributed by atoms with Crippen molar-refractivity contribution in [3.63, 3.8) is 0 Å². The highest BCUT2D eigenvalue weighted by atomic mass is 127. The molecule has 1 aromatic rings. The van der Waals surface area contributed by atoms with Gasteiger partial charge in [0, 0.05) is 19.2 Å². The quantitative estimate of drug-likeness (QED) is 0.279. The van der Waals surface area contributed by atoms with Gasteiger partial charge in [-0.2, -0.15) is 0 Å². The first-order valence-corrected chi connectivity index (χ1v) is 9.60. The van der Waals surface area contributed by atoms with E-state index in [-0.39, 0.29) is 35.9 Å². The molecule has 0 saturated carbocycles. The monoisotopic (exact) mass is 494 g/mol. The van der Waals surface area contributed by atoms with E-state index in [2.05, 4.69) is 41.3 Å². The number of hydrogen-bond donors (Lipinski definition) is 2. The lowest BCUT2D eigenvalue weighted by molar-refractivity contribution is 0.223. The third kappa shape index (κ3) is 11.4. The number of nitrogens with zero attached hydrogens (tertiary/aromatic N) is 2. The number of guanidine groups is 1. The number of nitrogens with one attached hydrogen (secondary N) is 2. The van der Waals surface area contributed by atoms with Crippen LogP contribution in [0.4, 0.5) is 4.39 Å². The largest absolute Gasteiger partial charge is 0.489 e. The van der Waals surface area contributed by atoms with Gasteiger partial charge in [-0.25, -0.2) is 4.39 Å². The van der Waals surface area contributed by atoms with Crippen LogP contribution in [0.15, 0.2) is 29.3 Å². The first kappa shape index (κ1) is 25.9. The van der Waals surface area contributed by atoms with Gasteiger partial charge in [0.1, 0.15) is 17.7 Å². The predicted molar refractivity (Wildman–Crippen MR) is 123 cm³/mol. The Bertz CT molecular complexity index is 540. The van der Waals surface area contributed by atoms with Crippen molar-refractivity contribution in [2.75, 3.05) is 33.2 Å². The maximum Gasteiger partial charge on any atom is 0.191 e. The molecule has 0 bridgehead atoms. The lowest BCUT2D eigenvalue weighted by Gasteiger charge is -2.22. The molecule has 0 radical (unpaired) electrons. The van der Waals surface area contributed by atoms with Crippen molar-refractivity contribution >= 4 is 29.9 Å². The average molecular weight is 494 g/mol. The molecule has 1 aromatic carbocycles. The molecule has 156 valence electrons. The van der Waals surface area contributed by atoms with Gasteiger partial charge in [-0.3, -0.25) is 4.99 Å². The lowest BCUT2D eigenvalue weighted by atomic mass is 10.2. The molecule has 7 heteroatoms. The Kier molecular flexibility index (Phi) is 14.3. The fourth-order valence-corrected chi connectivity index (χ4v) is 2.72. The predicted octanol–water partition coefficient (Wildman–Crippen LogP) is 3.89. The van der Waals surface area contributed by atoms with E-state index < -0.39 is 0 Å². The summed E-state index contributed by atoms with van der Waals surface area (Å²) in [5.41, 5.74) is 0. The summed E-state index contributed by atoms with van der Waals surface area (Å²) in [5.74, 6) is 1.00. The molecule has 1 rings (SSSR count). The molecule has 0 spiro atoms. The van der Waals surface area contributed by atoms with Crippen LogP contribution in [0.1, 0.15) is 40.5 Å². The third-order valence-corrected chi connectivity index (χ3v) is 4.30. The van der Waals surface area contributed by atoms with Gasteiger partial charge in [0.05, 0.1) is 6.54 Å². The Morgan fingerprint density at radius 2 is 1.96 bits per heavy atom. The molecule has 2 unspecified atom stereocenters. The van der Waals surface area contributed by atoms with Crippen molar-refractivity contribution in [2.24, 2.45) is 4.99 Å². The number of rotatable bonds is 11. The molecule has 0 aliphatic heterocycles. The number of benzene rings is 1. The van der Waals surface area contributed by atoms with E-state index in [4.69, 9.17) is 4.74 Å². The molecule has 2 N–H and O–H groups in total. The van der Waals surface area contributed by atoms with Crippen LogP contribution >= 0.6 is 24.0 Å². The Morgan fingerprint density at radius 1 is 1.26 bits per heavy atom. The van der Waals surface area contributed by atoms with Crippen molar-refractivity contribution in [1.82, 2.24) is 15.5 Å². The first-order chi connectivity index (χ1) is 12.5. The van der Waals surface area contributed by atoms with Crippen LogP contribution in [0.5, 0.6) is 5.75 Å². The second kappa shape index (κ2) is 14.9.